The Morgan fingerprint density at radius 3 is 2.00 bits per heavy atom. The molecular weight excluding hydrogens is 263 g/mol. The Morgan fingerprint density at radius 1 is 1.26 bits per heavy atom. The maximum Gasteiger partial charge on any atom is 0.490 e. The maximum atomic E-state index is 10.6. The first-order chi connectivity index (χ1) is 8.70. The molecule has 2 saturated carbocycles. The molecule has 110 valence electrons. The van der Waals surface area contributed by atoms with Crippen molar-refractivity contribution >= 4 is 5.97 Å². The third kappa shape index (κ3) is 2.86. The van der Waals surface area contributed by atoms with Gasteiger partial charge in [-0.25, -0.2) is 4.79 Å². The third-order valence-corrected chi connectivity index (χ3v) is 4.40. The van der Waals surface area contributed by atoms with Gasteiger partial charge in [-0.3, -0.25) is 0 Å². The quantitative estimate of drug-likeness (QED) is 0.769. The minimum absolute atomic E-state index is 0.593. The van der Waals surface area contributed by atoms with E-state index < -0.39 is 12.1 Å². The summed E-state index contributed by atoms with van der Waals surface area (Å²) in [5.74, 6) is -2.76. The van der Waals surface area contributed by atoms with Gasteiger partial charge < -0.3 is 15.2 Å². The number of carbonyl (C=O) groups is 1. The van der Waals surface area contributed by atoms with E-state index >= 15 is 0 Å². The number of methoxy groups -OCH3 is 1. The highest BCUT2D eigenvalue weighted by molar-refractivity contribution is 5.73. The van der Waals surface area contributed by atoms with Crippen molar-refractivity contribution in [3.8, 4) is 0 Å². The molecule has 0 amide bonds. The zero-order valence-electron chi connectivity index (χ0n) is 10.7. The molecule has 1 aliphatic heterocycles. The van der Waals surface area contributed by atoms with Crippen molar-refractivity contribution in [3.63, 3.8) is 0 Å². The lowest BCUT2D eigenvalue weighted by Crippen LogP contribution is -2.67. The van der Waals surface area contributed by atoms with Crippen molar-refractivity contribution in [3.05, 3.63) is 0 Å². The predicted molar refractivity (Wildman–Crippen MR) is 60.7 cm³/mol. The standard InChI is InChI=1S/C10H17NO.C2HF3O2/c1-12-8-2-9(3-8)4-10(5-9)6-11-7-10;3-2(4,5)1(6)7/h8,11H,2-7H2,1H3;(H,6,7). The molecular formula is C12H18F3NO3. The molecule has 2 spiro atoms. The number of rotatable bonds is 1. The molecule has 3 fully saturated rings. The predicted octanol–water partition coefficient (Wildman–Crippen LogP) is 1.80. The van der Waals surface area contributed by atoms with Gasteiger partial charge in [0, 0.05) is 20.2 Å². The second-order valence-corrected chi connectivity index (χ2v) is 6.03. The number of ether oxygens (including phenoxy) is 1. The molecule has 19 heavy (non-hydrogen) atoms. The molecule has 3 aliphatic rings. The Bertz CT molecular complexity index is 350. The first kappa shape index (κ1) is 14.6. The van der Waals surface area contributed by atoms with E-state index in [0.717, 1.165) is 10.8 Å². The molecule has 0 aromatic heterocycles. The van der Waals surface area contributed by atoms with Gasteiger partial charge in [-0.1, -0.05) is 0 Å². The monoisotopic (exact) mass is 281 g/mol. The van der Waals surface area contributed by atoms with Crippen molar-refractivity contribution in [2.24, 2.45) is 10.8 Å². The molecule has 0 bridgehead atoms. The van der Waals surface area contributed by atoms with Gasteiger partial charge in [0.15, 0.2) is 0 Å². The molecule has 2 aliphatic carbocycles. The van der Waals surface area contributed by atoms with Crippen molar-refractivity contribution < 1.29 is 27.8 Å². The van der Waals surface area contributed by atoms with Crippen LogP contribution >= 0.6 is 0 Å². The summed E-state index contributed by atoms with van der Waals surface area (Å²) in [5, 5.41) is 10.5. The molecule has 0 radical (unpaired) electrons. The summed E-state index contributed by atoms with van der Waals surface area (Å²) >= 11 is 0. The molecule has 0 atom stereocenters. The molecule has 1 saturated heterocycles. The SMILES string of the molecule is COC1CC2(C1)CC1(CNC1)C2.O=C(O)C(F)(F)F. The fraction of sp³-hybridized carbons (Fsp3) is 0.917. The number of carboxylic acid groups (broad SMARTS) is 1. The number of carboxylic acids is 1. The van der Waals surface area contributed by atoms with Crippen LogP contribution in [0, 0.1) is 10.8 Å². The Labute approximate surface area is 109 Å². The number of nitrogens with one attached hydrogen (secondary N) is 1. The van der Waals surface area contributed by atoms with Gasteiger partial charge in [0.1, 0.15) is 0 Å². The van der Waals surface area contributed by atoms with Crippen LogP contribution in [0.1, 0.15) is 25.7 Å². The number of alkyl halides is 3. The lowest BCUT2D eigenvalue weighted by Gasteiger charge is -2.66. The molecule has 2 N–H and O–H groups in total. The minimum Gasteiger partial charge on any atom is -0.475 e. The van der Waals surface area contributed by atoms with Gasteiger partial charge in [0.2, 0.25) is 0 Å². The smallest absolute Gasteiger partial charge is 0.475 e. The molecule has 7 heteroatoms. The van der Waals surface area contributed by atoms with E-state index in [2.05, 4.69) is 5.32 Å². The Hall–Kier alpha value is -0.820. The van der Waals surface area contributed by atoms with Gasteiger partial charge in [0.25, 0.3) is 0 Å². The summed E-state index contributed by atoms with van der Waals surface area (Å²) < 4.78 is 37.1. The normalized spacial score (nSPS) is 26.7. The van der Waals surface area contributed by atoms with Gasteiger partial charge >= 0.3 is 12.1 Å². The van der Waals surface area contributed by atoms with E-state index in [0.29, 0.717) is 6.10 Å². The van der Waals surface area contributed by atoms with E-state index in [4.69, 9.17) is 14.6 Å². The van der Waals surface area contributed by atoms with Crippen LogP contribution in [0.25, 0.3) is 0 Å². The van der Waals surface area contributed by atoms with E-state index in [-0.39, 0.29) is 0 Å². The molecule has 0 unspecified atom stereocenters. The molecule has 1 heterocycles. The van der Waals surface area contributed by atoms with Gasteiger partial charge in [0.05, 0.1) is 6.10 Å². The third-order valence-electron chi connectivity index (χ3n) is 4.40. The van der Waals surface area contributed by atoms with E-state index in [1.54, 1.807) is 0 Å². The summed E-state index contributed by atoms with van der Waals surface area (Å²) in [4.78, 5) is 8.90. The highest BCUT2D eigenvalue weighted by atomic mass is 19.4. The highest BCUT2D eigenvalue weighted by Gasteiger charge is 2.61. The van der Waals surface area contributed by atoms with Gasteiger partial charge in [-0.05, 0) is 36.5 Å². The van der Waals surface area contributed by atoms with Crippen molar-refractivity contribution in [1.82, 2.24) is 5.32 Å². The van der Waals surface area contributed by atoms with E-state index in [1.165, 1.54) is 38.8 Å². The lowest BCUT2D eigenvalue weighted by atomic mass is 9.43. The van der Waals surface area contributed by atoms with Crippen LogP contribution in [-0.2, 0) is 9.53 Å². The van der Waals surface area contributed by atoms with Crippen molar-refractivity contribution in [2.75, 3.05) is 20.2 Å². The Balaban J connectivity index is 0.000000167. The van der Waals surface area contributed by atoms with Crippen LogP contribution in [0.4, 0.5) is 13.2 Å². The second kappa shape index (κ2) is 4.63. The molecule has 3 rings (SSSR count). The van der Waals surface area contributed by atoms with E-state index in [9.17, 15) is 13.2 Å². The first-order valence-electron chi connectivity index (χ1n) is 6.24. The summed E-state index contributed by atoms with van der Waals surface area (Å²) in [6.45, 7) is 2.57. The van der Waals surface area contributed by atoms with Crippen LogP contribution in [0.3, 0.4) is 0 Å². The Kier molecular flexibility index (Phi) is 3.55. The average Bonchev–Trinajstić information content (AvgIpc) is 2.10. The number of hydrogen-bond donors (Lipinski definition) is 2. The van der Waals surface area contributed by atoms with Crippen LogP contribution in [0.5, 0.6) is 0 Å². The number of hydrogen-bond acceptors (Lipinski definition) is 3. The maximum absolute atomic E-state index is 10.6. The fourth-order valence-electron chi connectivity index (χ4n) is 3.63. The van der Waals surface area contributed by atoms with Crippen LogP contribution in [0.2, 0.25) is 0 Å². The summed E-state index contributed by atoms with van der Waals surface area (Å²) in [7, 11) is 1.84. The van der Waals surface area contributed by atoms with Crippen LogP contribution in [0.15, 0.2) is 0 Å². The van der Waals surface area contributed by atoms with Gasteiger partial charge in [-0.15, -0.1) is 0 Å². The minimum atomic E-state index is -5.08. The molecule has 0 aromatic rings. The zero-order chi connectivity index (χ0) is 14.3. The number of aliphatic carboxylic acids is 1. The zero-order valence-corrected chi connectivity index (χ0v) is 10.7. The van der Waals surface area contributed by atoms with Crippen molar-refractivity contribution in [2.45, 2.75) is 38.0 Å². The topological polar surface area (TPSA) is 58.6 Å². The van der Waals surface area contributed by atoms with Crippen LogP contribution < -0.4 is 5.32 Å². The fourth-order valence-corrected chi connectivity index (χ4v) is 3.63. The largest absolute Gasteiger partial charge is 0.490 e. The average molecular weight is 281 g/mol. The highest BCUT2D eigenvalue weighted by Crippen LogP contribution is 2.65. The molecule has 4 nitrogen and oxygen atoms in total. The molecule has 0 aromatic carbocycles. The van der Waals surface area contributed by atoms with Crippen molar-refractivity contribution in [1.29, 1.82) is 0 Å². The van der Waals surface area contributed by atoms with Gasteiger partial charge in [-0.2, -0.15) is 13.2 Å². The Morgan fingerprint density at radius 2 is 1.74 bits per heavy atom. The van der Waals surface area contributed by atoms with E-state index in [1.807, 2.05) is 7.11 Å². The van der Waals surface area contributed by atoms with Crippen LogP contribution in [-0.4, -0.2) is 43.6 Å². The number of halogens is 3. The second-order valence-electron chi connectivity index (χ2n) is 6.03. The summed E-state index contributed by atoms with van der Waals surface area (Å²) in [6.07, 6.45) is 1.14. The lowest BCUT2D eigenvalue weighted by molar-refractivity contribution is -0.192. The summed E-state index contributed by atoms with van der Waals surface area (Å²) in [6, 6.07) is 0. The summed E-state index contributed by atoms with van der Waals surface area (Å²) in [5.41, 5.74) is 1.49. The first-order valence-corrected chi connectivity index (χ1v) is 6.24.